The molecule has 4 nitrogen and oxygen atoms in total. The summed E-state index contributed by atoms with van der Waals surface area (Å²) in [5.41, 5.74) is 1.00. The van der Waals surface area contributed by atoms with E-state index in [2.05, 4.69) is 30.2 Å². The quantitative estimate of drug-likeness (QED) is 0.873. The second kappa shape index (κ2) is 7.23. The van der Waals surface area contributed by atoms with E-state index in [1.807, 2.05) is 13.2 Å². The van der Waals surface area contributed by atoms with Crippen LogP contribution in [0.15, 0.2) is 18.5 Å². The fraction of sp³-hybridized carbons (Fsp3) is 0.706. The fourth-order valence-corrected chi connectivity index (χ4v) is 3.49. The first-order valence-electron chi connectivity index (χ1n) is 7.95. The normalized spacial score (nSPS) is 27.3. The van der Waals surface area contributed by atoms with Crippen molar-refractivity contribution in [1.29, 1.82) is 0 Å². The van der Waals surface area contributed by atoms with E-state index in [4.69, 9.17) is 9.47 Å². The van der Waals surface area contributed by atoms with Gasteiger partial charge in [0.1, 0.15) is 5.75 Å². The lowest BCUT2D eigenvalue weighted by Gasteiger charge is -2.44. The van der Waals surface area contributed by atoms with E-state index >= 15 is 0 Å². The van der Waals surface area contributed by atoms with Crippen molar-refractivity contribution in [3.05, 3.63) is 24.0 Å². The lowest BCUT2D eigenvalue weighted by Crippen LogP contribution is -2.47. The molecule has 1 heterocycles. The van der Waals surface area contributed by atoms with E-state index in [1.165, 1.54) is 12.8 Å². The second-order valence-corrected chi connectivity index (χ2v) is 6.06. The highest BCUT2D eigenvalue weighted by Gasteiger charge is 2.42. The van der Waals surface area contributed by atoms with Crippen LogP contribution in [0.25, 0.3) is 0 Å². The monoisotopic (exact) mass is 292 g/mol. The van der Waals surface area contributed by atoms with Crippen LogP contribution in [0.2, 0.25) is 0 Å². The molecule has 0 spiro atoms. The number of rotatable bonds is 6. The first-order valence-corrected chi connectivity index (χ1v) is 7.95. The van der Waals surface area contributed by atoms with Crippen molar-refractivity contribution >= 4 is 0 Å². The van der Waals surface area contributed by atoms with E-state index in [0.29, 0.717) is 0 Å². The molecule has 0 aromatic carbocycles. The van der Waals surface area contributed by atoms with Crippen LogP contribution in [0, 0.1) is 5.92 Å². The zero-order valence-corrected chi connectivity index (χ0v) is 13.7. The van der Waals surface area contributed by atoms with Gasteiger partial charge in [-0.2, -0.15) is 0 Å². The van der Waals surface area contributed by atoms with Crippen molar-refractivity contribution in [3.8, 4) is 5.75 Å². The summed E-state index contributed by atoms with van der Waals surface area (Å²) in [7, 11) is 3.68. The van der Waals surface area contributed by atoms with Gasteiger partial charge in [-0.15, -0.1) is 0 Å². The molecular formula is C17H28N2O2. The summed E-state index contributed by atoms with van der Waals surface area (Å²) in [4.78, 5) is 4.30. The summed E-state index contributed by atoms with van der Waals surface area (Å²) in [6, 6.07) is 2.21. The van der Waals surface area contributed by atoms with Crippen LogP contribution in [0.4, 0.5) is 0 Å². The van der Waals surface area contributed by atoms with E-state index in [-0.39, 0.29) is 11.6 Å². The molecule has 1 saturated carbocycles. The molecule has 2 rings (SSSR count). The summed E-state index contributed by atoms with van der Waals surface area (Å²) < 4.78 is 11.6. The SMILES string of the molecule is CCOC1(C(NC)c2cncc(OC)c2)CCC(C)CC1. The molecule has 1 aliphatic rings. The second-order valence-electron chi connectivity index (χ2n) is 6.06. The largest absolute Gasteiger partial charge is 0.495 e. The maximum atomic E-state index is 6.27. The molecule has 1 N–H and O–H groups in total. The Hall–Kier alpha value is -1.13. The maximum absolute atomic E-state index is 6.27. The fourth-order valence-electron chi connectivity index (χ4n) is 3.49. The topological polar surface area (TPSA) is 43.4 Å². The molecule has 1 aromatic heterocycles. The Morgan fingerprint density at radius 3 is 2.67 bits per heavy atom. The van der Waals surface area contributed by atoms with E-state index in [1.54, 1.807) is 13.3 Å². The minimum atomic E-state index is -0.135. The standard InChI is InChI=1S/C17H28N2O2/c1-5-21-17(8-6-13(2)7-9-17)16(18-3)14-10-15(20-4)12-19-11-14/h10-13,16,18H,5-9H2,1-4H3. The van der Waals surface area contributed by atoms with Crippen molar-refractivity contribution < 1.29 is 9.47 Å². The smallest absolute Gasteiger partial charge is 0.137 e. The molecule has 1 aliphatic carbocycles. The lowest BCUT2D eigenvalue weighted by atomic mass is 9.73. The molecule has 0 radical (unpaired) electrons. The van der Waals surface area contributed by atoms with Gasteiger partial charge in [-0.05, 0) is 57.2 Å². The average Bonchev–Trinajstić information content (AvgIpc) is 2.51. The number of pyridine rings is 1. The number of nitrogens with zero attached hydrogens (tertiary/aromatic N) is 1. The predicted octanol–water partition coefficient (Wildman–Crippen LogP) is 3.34. The van der Waals surface area contributed by atoms with Gasteiger partial charge in [0.2, 0.25) is 0 Å². The molecular weight excluding hydrogens is 264 g/mol. The zero-order chi connectivity index (χ0) is 15.3. The van der Waals surface area contributed by atoms with Gasteiger partial charge in [-0.3, -0.25) is 4.98 Å². The van der Waals surface area contributed by atoms with E-state index in [0.717, 1.165) is 36.7 Å². The highest BCUT2D eigenvalue weighted by atomic mass is 16.5. The van der Waals surface area contributed by atoms with E-state index < -0.39 is 0 Å². The van der Waals surface area contributed by atoms with E-state index in [9.17, 15) is 0 Å². The number of likely N-dealkylation sites (N-methyl/N-ethyl adjacent to an activating group) is 1. The number of nitrogens with one attached hydrogen (secondary N) is 1. The van der Waals surface area contributed by atoms with Crippen LogP contribution in [0.5, 0.6) is 5.75 Å². The Kier molecular flexibility index (Phi) is 5.59. The van der Waals surface area contributed by atoms with Crippen molar-refractivity contribution in [2.24, 2.45) is 5.92 Å². The highest BCUT2D eigenvalue weighted by molar-refractivity contribution is 5.28. The lowest BCUT2D eigenvalue weighted by molar-refractivity contribution is -0.0963. The third-order valence-electron chi connectivity index (χ3n) is 4.67. The van der Waals surface area contributed by atoms with Gasteiger partial charge in [0, 0.05) is 12.8 Å². The number of methoxy groups -OCH3 is 1. The number of aromatic nitrogens is 1. The summed E-state index contributed by atoms with van der Waals surface area (Å²) in [5, 5.41) is 3.46. The summed E-state index contributed by atoms with van der Waals surface area (Å²) in [6.45, 7) is 5.15. The number of hydrogen-bond donors (Lipinski definition) is 1. The highest BCUT2D eigenvalue weighted by Crippen LogP contribution is 2.43. The molecule has 4 heteroatoms. The molecule has 21 heavy (non-hydrogen) atoms. The van der Waals surface area contributed by atoms with Gasteiger partial charge in [0.15, 0.2) is 0 Å². The molecule has 1 fully saturated rings. The third-order valence-corrected chi connectivity index (χ3v) is 4.67. The molecule has 0 amide bonds. The first-order chi connectivity index (χ1) is 10.1. The Labute approximate surface area is 128 Å². The van der Waals surface area contributed by atoms with Crippen LogP contribution < -0.4 is 10.1 Å². The molecule has 0 saturated heterocycles. The average molecular weight is 292 g/mol. The summed E-state index contributed by atoms with van der Waals surface area (Å²) in [6.07, 6.45) is 8.27. The van der Waals surface area contributed by atoms with Crippen molar-refractivity contribution in [2.75, 3.05) is 20.8 Å². The van der Waals surface area contributed by atoms with Crippen molar-refractivity contribution in [1.82, 2.24) is 10.3 Å². The van der Waals surface area contributed by atoms with Crippen molar-refractivity contribution in [3.63, 3.8) is 0 Å². The maximum Gasteiger partial charge on any atom is 0.137 e. The van der Waals surface area contributed by atoms with Crippen LogP contribution in [-0.2, 0) is 4.74 Å². The third kappa shape index (κ3) is 3.55. The van der Waals surface area contributed by atoms with Gasteiger partial charge in [0.25, 0.3) is 0 Å². The summed E-state index contributed by atoms with van der Waals surface area (Å²) >= 11 is 0. The van der Waals surface area contributed by atoms with Gasteiger partial charge in [-0.1, -0.05) is 6.92 Å². The Balaban J connectivity index is 2.30. The van der Waals surface area contributed by atoms with Gasteiger partial charge in [-0.25, -0.2) is 0 Å². The van der Waals surface area contributed by atoms with Crippen LogP contribution in [0.3, 0.4) is 0 Å². The minimum Gasteiger partial charge on any atom is -0.495 e. The summed E-state index contributed by atoms with van der Waals surface area (Å²) in [5.74, 6) is 1.59. The van der Waals surface area contributed by atoms with Crippen LogP contribution in [-0.4, -0.2) is 31.3 Å². The Morgan fingerprint density at radius 1 is 1.38 bits per heavy atom. The Bertz CT molecular complexity index is 442. The molecule has 0 aliphatic heterocycles. The number of hydrogen-bond acceptors (Lipinski definition) is 4. The molecule has 1 unspecified atom stereocenters. The van der Waals surface area contributed by atoms with Gasteiger partial charge < -0.3 is 14.8 Å². The molecule has 118 valence electrons. The minimum absolute atomic E-state index is 0.135. The zero-order valence-electron chi connectivity index (χ0n) is 13.7. The first kappa shape index (κ1) is 16.2. The predicted molar refractivity (Wildman–Crippen MR) is 84.6 cm³/mol. The Morgan fingerprint density at radius 2 is 2.10 bits per heavy atom. The van der Waals surface area contributed by atoms with Crippen molar-refractivity contribution in [2.45, 2.75) is 51.2 Å². The van der Waals surface area contributed by atoms with Crippen LogP contribution >= 0.6 is 0 Å². The molecule has 1 aromatic rings. The van der Waals surface area contributed by atoms with Gasteiger partial charge in [0.05, 0.1) is 24.9 Å². The molecule has 0 bridgehead atoms. The van der Waals surface area contributed by atoms with Gasteiger partial charge >= 0.3 is 0 Å². The molecule has 1 atom stereocenters. The number of ether oxygens (including phenoxy) is 2. The van der Waals surface area contributed by atoms with Crippen LogP contribution in [0.1, 0.15) is 51.1 Å².